The van der Waals surface area contributed by atoms with Crippen LogP contribution in [0.15, 0.2) is 35.4 Å². The third-order valence-corrected chi connectivity index (χ3v) is 2.37. The van der Waals surface area contributed by atoms with E-state index in [0.717, 1.165) is 0 Å². The van der Waals surface area contributed by atoms with Crippen LogP contribution in [-0.2, 0) is 0 Å². The summed E-state index contributed by atoms with van der Waals surface area (Å²) in [5, 5.41) is 0. The van der Waals surface area contributed by atoms with Crippen LogP contribution in [0.25, 0.3) is 5.69 Å². The number of oxazole rings is 1. The van der Waals surface area contributed by atoms with Gasteiger partial charge in [0.15, 0.2) is 6.26 Å². The molecule has 1 heterocycles. The first-order valence-corrected chi connectivity index (χ1v) is 4.70. The molecule has 0 fully saturated rings. The van der Waals surface area contributed by atoms with Crippen molar-refractivity contribution in [3.8, 4) is 5.69 Å². The van der Waals surface area contributed by atoms with Crippen molar-refractivity contribution in [1.29, 1.82) is 0 Å². The molecule has 0 aliphatic carbocycles. The van der Waals surface area contributed by atoms with Gasteiger partial charge in [0, 0.05) is 11.1 Å². The molecule has 2 rings (SSSR count). The highest BCUT2D eigenvalue weighted by Gasteiger charge is 2.14. The van der Waals surface area contributed by atoms with Crippen molar-refractivity contribution in [1.82, 2.24) is 0 Å². The molecule has 0 unspecified atom stereocenters. The summed E-state index contributed by atoms with van der Waals surface area (Å²) in [6, 6.07) is 4.37. The summed E-state index contributed by atoms with van der Waals surface area (Å²) in [6.07, 6.45) is 5.31. The molecular weight excluding hydrogens is 174 g/mol. The minimum atomic E-state index is 1.21. The van der Waals surface area contributed by atoms with Gasteiger partial charge < -0.3 is 4.42 Å². The first kappa shape index (κ1) is 9.00. The number of rotatable bonds is 1. The largest absolute Gasteiger partial charge is 0.412 e. The summed E-state index contributed by atoms with van der Waals surface area (Å²) in [5.74, 6) is 0. The number of hydrogen-bond acceptors (Lipinski definition) is 1. The molecule has 1 aromatic heterocycles. The number of nitrogens with zero attached hydrogens (tertiary/aromatic N) is 1. The SMILES string of the molecule is Cc1cc(C)c(-[n+]2ccoc2)c(C)c1. The Kier molecular flexibility index (Phi) is 2.12. The first-order valence-electron chi connectivity index (χ1n) is 4.70. The quantitative estimate of drug-likeness (QED) is 0.628. The van der Waals surface area contributed by atoms with Crippen LogP contribution in [0.2, 0.25) is 0 Å². The van der Waals surface area contributed by atoms with Crippen LogP contribution in [0.1, 0.15) is 16.7 Å². The average Bonchev–Trinajstić information content (AvgIpc) is 2.54. The van der Waals surface area contributed by atoms with Crippen LogP contribution in [0.3, 0.4) is 0 Å². The van der Waals surface area contributed by atoms with Crippen molar-refractivity contribution < 1.29 is 8.98 Å². The van der Waals surface area contributed by atoms with Crippen molar-refractivity contribution in [3.05, 3.63) is 47.7 Å². The molecule has 0 aliphatic rings. The number of aromatic nitrogens is 1. The highest BCUT2D eigenvalue weighted by atomic mass is 16.3. The van der Waals surface area contributed by atoms with Gasteiger partial charge in [-0.2, -0.15) is 0 Å². The van der Waals surface area contributed by atoms with Crippen molar-refractivity contribution in [3.63, 3.8) is 0 Å². The predicted octanol–water partition coefficient (Wildman–Crippen LogP) is 2.48. The molecule has 0 aliphatic heterocycles. The molecule has 2 nitrogen and oxygen atoms in total. The monoisotopic (exact) mass is 188 g/mol. The molecule has 1 aromatic carbocycles. The normalized spacial score (nSPS) is 10.5. The fourth-order valence-electron chi connectivity index (χ4n) is 1.94. The second-order valence-electron chi connectivity index (χ2n) is 3.68. The molecule has 2 aromatic rings. The van der Waals surface area contributed by atoms with Gasteiger partial charge in [-0.3, -0.25) is 0 Å². The van der Waals surface area contributed by atoms with Crippen LogP contribution in [0.4, 0.5) is 0 Å². The zero-order valence-electron chi connectivity index (χ0n) is 8.74. The van der Waals surface area contributed by atoms with Crippen molar-refractivity contribution in [2.24, 2.45) is 0 Å². The van der Waals surface area contributed by atoms with E-state index in [1.807, 2.05) is 10.8 Å². The third kappa shape index (κ3) is 1.43. The predicted molar refractivity (Wildman–Crippen MR) is 54.5 cm³/mol. The van der Waals surface area contributed by atoms with Gasteiger partial charge in [-0.25, -0.2) is 0 Å². The molecule has 0 bridgehead atoms. The van der Waals surface area contributed by atoms with Gasteiger partial charge in [0.1, 0.15) is 0 Å². The smallest absolute Gasteiger partial charge is 0.340 e. The maximum atomic E-state index is 5.07. The maximum Gasteiger partial charge on any atom is 0.340 e. The van der Waals surface area contributed by atoms with Gasteiger partial charge >= 0.3 is 6.39 Å². The van der Waals surface area contributed by atoms with Crippen molar-refractivity contribution >= 4 is 0 Å². The Balaban J connectivity index is 2.64. The summed E-state index contributed by atoms with van der Waals surface area (Å²) < 4.78 is 7.08. The van der Waals surface area contributed by atoms with Gasteiger partial charge in [-0.15, -0.1) is 4.57 Å². The Labute approximate surface area is 83.8 Å². The summed E-state index contributed by atoms with van der Waals surface area (Å²) in [4.78, 5) is 0. The van der Waals surface area contributed by atoms with Crippen LogP contribution >= 0.6 is 0 Å². The average molecular weight is 188 g/mol. The molecule has 0 spiro atoms. The van der Waals surface area contributed by atoms with Crippen LogP contribution < -0.4 is 4.57 Å². The number of hydrogen-bond donors (Lipinski definition) is 0. The Morgan fingerprint density at radius 2 is 1.71 bits per heavy atom. The van der Waals surface area contributed by atoms with E-state index >= 15 is 0 Å². The Morgan fingerprint density at radius 1 is 1.07 bits per heavy atom. The van der Waals surface area contributed by atoms with E-state index in [1.54, 1.807) is 12.7 Å². The second-order valence-corrected chi connectivity index (χ2v) is 3.68. The fourth-order valence-corrected chi connectivity index (χ4v) is 1.94. The van der Waals surface area contributed by atoms with Crippen LogP contribution in [0.5, 0.6) is 0 Å². The summed E-state index contributed by atoms with van der Waals surface area (Å²) in [7, 11) is 0. The van der Waals surface area contributed by atoms with E-state index in [9.17, 15) is 0 Å². The zero-order valence-corrected chi connectivity index (χ0v) is 8.74. The van der Waals surface area contributed by atoms with Gasteiger partial charge in [0.2, 0.25) is 11.9 Å². The summed E-state index contributed by atoms with van der Waals surface area (Å²) >= 11 is 0. The molecule has 0 saturated carbocycles. The lowest BCUT2D eigenvalue weighted by Crippen LogP contribution is -2.29. The van der Waals surface area contributed by atoms with Crippen LogP contribution in [-0.4, -0.2) is 0 Å². The lowest BCUT2D eigenvalue weighted by Gasteiger charge is -2.03. The van der Waals surface area contributed by atoms with E-state index in [0.29, 0.717) is 0 Å². The third-order valence-electron chi connectivity index (χ3n) is 2.37. The molecule has 0 N–H and O–H groups in total. The minimum Gasteiger partial charge on any atom is -0.412 e. The molecule has 72 valence electrons. The first-order chi connectivity index (χ1) is 6.68. The fraction of sp³-hybridized carbons (Fsp3) is 0.250. The summed E-state index contributed by atoms with van der Waals surface area (Å²) in [6.45, 7) is 6.36. The van der Waals surface area contributed by atoms with Gasteiger partial charge in [0.25, 0.3) is 0 Å². The highest BCUT2D eigenvalue weighted by Crippen LogP contribution is 2.15. The van der Waals surface area contributed by atoms with Gasteiger partial charge in [-0.05, 0) is 32.9 Å². The van der Waals surface area contributed by atoms with E-state index in [1.165, 1.54) is 22.4 Å². The second kappa shape index (κ2) is 3.29. The topological polar surface area (TPSA) is 17.0 Å². The molecule has 0 radical (unpaired) electrons. The van der Waals surface area contributed by atoms with E-state index in [2.05, 4.69) is 32.9 Å². The highest BCUT2D eigenvalue weighted by molar-refractivity contribution is 5.42. The summed E-state index contributed by atoms with van der Waals surface area (Å²) in [5.41, 5.74) is 5.06. The Bertz CT molecular complexity index is 420. The van der Waals surface area contributed by atoms with Crippen molar-refractivity contribution in [2.45, 2.75) is 20.8 Å². The zero-order chi connectivity index (χ0) is 10.1. The lowest BCUT2D eigenvalue weighted by atomic mass is 10.1. The van der Waals surface area contributed by atoms with E-state index < -0.39 is 0 Å². The molecule has 0 saturated heterocycles. The molecule has 2 heteroatoms. The van der Waals surface area contributed by atoms with E-state index in [4.69, 9.17) is 4.42 Å². The molecular formula is C12H14NO+. The molecule has 14 heavy (non-hydrogen) atoms. The Morgan fingerprint density at radius 3 is 2.21 bits per heavy atom. The van der Waals surface area contributed by atoms with Gasteiger partial charge in [-0.1, -0.05) is 5.56 Å². The number of aryl methyl sites for hydroxylation is 3. The van der Waals surface area contributed by atoms with E-state index in [-0.39, 0.29) is 0 Å². The minimum absolute atomic E-state index is 1.21. The van der Waals surface area contributed by atoms with Crippen LogP contribution in [0, 0.1) is 20.8 Å². The molecule has 0 amide bonds. The lowest BCUT2D eigenvalue weighted by molar-refractivity contribution is -0.600. The number of benzene rings is 1. The maximum absolute atomic E-state index is 5.07. The standard InChI is InChI=1S/C12H14NO/c1-9-6-10(2)12(11(3)7-9)13-4-5-14-8-13/h4-8H,1-3H3/q+1. The van der Waals surface area contributed by atoms with Gasteiger partial charge in [0.05, 0.1) is 0 Å². The van der Waals surface area contributed by atoms with Crippen molar-refractivity contribution in [2.75, 3.05) is 0 Å². The molecule has 0 atom stereocenters. The Hall–Kier alpha value is -1.57.